The number of hydrogen-bond donors (Lipinski definition) is 0. The zero-order valence-corrected chi connectivity index (χ0v) is 31.1. The Kier molecular flexibility index (Phi) is 6.25. The Morgan fingerprint density at radius 2 is 1.26 bits per heavy atom. The van der Waals surface area contributed by atoms with Crippen molar-refractivity contribution in [3.8, 4) is 22.6 Å². The lowest BCUT2D eigenvalue weighted by molar-refractivity contribution is 0.590. The predicted octanol–water partition coefficient (Wildman–Crippen LogP) is 13.7. The average molecular weight is 698 g/mol. The second-order valence-corrected chi connectivity index (χ2v) is 16.5. The molecule has 0 aliphatic heterocycles. The Hall–Kier alpha value is -6.39. The molecule has 260 valence electrons. The van der Waals surface area contributed by atoms with Crippen molar-refractivity contribution in [3.63, 3.8) is 0 Å². The molecule has 0 amide bonds. The first-order valence-electron chi connectivity index (χ1n) is 18.9. The average Bonchev–Trinajstić information content (AvgIpc) is 3.91. The van der Waals surface area contributed by atoms with E-state index in [9.17, 15) is 0 Å². The van der Waals surface area contributed by atoms with Gasteiger partial charge in [-0.1, -0.05) is 113 Å². The SMILES string of the molecule is CC(C)(C)c1ccc(N(c2ccc3c(c2)C(C)(C)c2ccccc2-3)c2ccc3c(c2)c2c4oc(-c5ccccc5)nc4cc4c5ccccc5n3c42)cc1. The molecule has 4 heteroatoms. The van der Waals surface area contributed by atoms with Crippen molar-refractivity contribution in [1.82, 2.24) is 9.38 Å². The lowest BCUT2D eigenvalue weighted by Crippen LogP contribution is -2.17. The minimum absolute atomic E-state index is 0.0519. The molecule has 0 saturated heterocycles. The van der Waals surface area contributed by atoms with Crippen molar-refractivity contribution in [1.29, 1.82) is 0 Å². The van der Waals surface area contributed by atoms with Gasteiger partial charge in [0, 0.05) is 44.2 Å². The fourth-order valence-corrected chi connectivity index (χ4v) is 9.16. The first-order valence-corrected chi connectivity index (χ1v) is 18.9. The number of oxazole rings is 1. The van der Waals surface area contributed by atoms with Gasteiger partial charge in [-0.25, -0.2) is 4.98 Å². The van der Waals surface area contributed by atoms with Crippen molar-refractivity contribution in [3.05, 3.63) is 162 Å². The Bertz CT molecular complexity index is 3100. The van der Waals surface area contributed by atoms with Gasteiger partial charge in [0.2, 0.25) is 5.89 Å². The van der Waals surface area contributed by atoms with Crippen LogP contribution in [-0.2, 0) is 10.8 Å². The van der Waals surface area contributed by atoms with Gasteiger partial charge in [0.05, 0.1) is 21.9 Å². The Morgan fingerprint density at radius 3 is 2.07 bits per heavy atom. The molecule has 0 fully saturated rings. The quantitative estimate of drug-likeness (QED) is 0.184. The molecule has 0 saturated carbocycles. The van der Waals surface area contributed by atoms with Crippen LogP contribution in [0.5, 0.6) is 0 Å². The number of benzene rings is 7. The van der Waals surface area contributed by atoms with Crippen LogP contribution in [0.1, 0.15) is 51.3 Å². The highest BCUT2D eigenvalue weighted by atomic mass is 16.3. The third-order valence-corrected chi connectivity index (χ3v) is 11.9. The van der Waals surface area contributed by atoms with Crippen LogP contribution in [-0.4, -0.2) is 9.38 Å². The number of fused-ring (bicyclic) bond motifs is 11. The summed E-state index contributed by atoms with van der Waals surface area (Å²) in [5.74, 6) is 0.636. The smallest absolute Gasteiger partial charge is 0.227 e. The molecule has 3 heterocycles. The standard InChI is InChI=1S/C50H39N3O/c1-49(2,3)31-19-21-32(22-20-31)52(34-23-25-36-35-15-9-11-17-40(35)50(4,5)41(36)28-34)33-24-26-44-39(27-33)45-46-38(37-16-10-12-18-43(37)53(44)46)29-42-47(45)54-48(51-42)30-13-7-6-8-14-30/h6-29H,1-5H3. The predicted molar refractivity (Wildman–Crippen MR) is 225 cm³/mol. The van der Waals surface area contributed by atoms with Gasteiger partial charge in [-0.05, 0) is 100.0 Å². The molecule has 10 aromatic rings. The fraction of sp³-hybridized carbons (Fsp3) is 0.140. The van der Waals surface area contributed by atoms with Crippen LogP contribution in [0, 0.1) is 0 Å². The lowest BCUT2D eigenvalue weighted by Gasteiger charge is -2.29. The van der Waals surface area contributed by atoms with E-state index in [0.717, 1.165) is 50.0 Å². The molecule has 4 nitrogen and oxygen atoms in total. The van der Waals surface area contributed by atoms with Gasteiger partial charge in [-0.15, -0.1) is 0 Å². The van der Waals surface area contributed by atoms with Crippen molar-refractivity contribution >= 4 is 66.3 Å². The number of aromatic nitrogens is 2. The fourth-order valence-electron chi connectivity index (χ4n) is 9.16. The maximum atomic E-state index is 6.75. The Labute approximate surface area is 314 Å². The molecule has 0 bridgehead atoms. The van der Waals surface area contributed by atoms with Gasteiger partial charge in [0.1, 0.15) is 5.52 Å². The molecular formula is C50H39N3O. The highest BCUT2D eigenvalue weighted by molar-refractivity contribution is 6.30. The summed E-state index contributed by atoms with van der Waals surface area (Å²) in [7, 11) is 0. The summed E-state index contributed by atoms with van der Waals surface area (Å²) in [6.07, 6.45) is 0. The summed E-state index contributed by atoms with van der Waals surface area (Å²) in [5.41, 5.74) is 16.1. The van der Waals surface area contributed by atoms with Crippen LogP contribution in [0.15, 0.2) is 150 Å². The molecule has 0 atom stereocenters. The number of anilines is 3. The minimum Gasteiger partial charge on any atom is -0.435 e. The number of para-hydroxylation sites is 1. The third-order valence-electron chi connectivity index (χ3n) is 11.9. The third kappa shape index (κ3) is 4.28. The largest absolute Gasteiger partial charge is 0.435 e. The minimum atomic E-state index is -0.115. The van der Waals surface area contributed by atoms with E-state index >= 15 is 0 Å². The molecule has 1 aliphatic carbocycles. The number of rotatable bonds is 4. The van der Waals surface area contributed by atoms with Crippen LogP contribution >= 0.6 is 0 Å². The molecule has 0 radical (unpaired) electrons. The van der Waals surface area contributed by atoms with Crippen molar-refractivity contribution in [2.75, 3.05) is 4.90 Å². The van der Waals surface area contributed by atoms with E-state index < -0.39 is 0 Å². The molecule has 0 spiro atoms. The molecule has 0 N–H and O–H groups in total. The highest BCUT2D eigenvalue weighted by Crippen LogP contribution is 2.51. The maximum absolute atomic E-state index is 6.75. The summed E-state index contributed by atoms with van der Waals surface area (Å²) in [6, 6.07) is 53.1. The Balaban J connectivity index is 1.19. The number of nitrogens with zero attached hydrogens (tertiary/aromatic N) is 3. The van der Waals surface area contributed by atoms with E-state index in [1.807, 2.05) is 18.2 Å². The van der Waals surface area contributed by atoms with E-state index in [1.54, 1.807) is 0 Å². The van der Waals surface area contributed by atoms with Crippen LogP contribution < -0.4 is 4.90 Å². The van der Waals surface area contributed by atoms with Gasteiger partial charge in [-0.2, -0.15) is 0 Å². The summed E-state index contributed by atoms with van der Waals surface area (Å²) in [4.78, 5) is 7.50. The summed E-state index contributed by atoms with van der Waals surface area (Å²) in [6.45, 7) is 11.5. The lowest BCUT2D eigenvalue weighted by atomic mass is 9.82. The van der Waals surface area contributed by atoms with Crippen molar-refractivity contribution < 1.29 is 4.42 Å². The number of hydrogen-bond acceptors (Lipinski definition) is 3. The first-order chi connectivity index (χ1) is 26.2. The second kappa shape index (κ2) is 10.8. The maximum Gasteiger partial charge on any atom is 0.227 e. The molecule has 11 rings (SSSR count). The highest BCUT2D eigenvalue weighted by Gasteiger charge is 2.36. The van der Waals surface area contributed by atoms with Gasteiger partial charge in [0.15, 0.2) is 5.58 Å². The summed E-state index contributed by atoms with van der Waals surface area (Å²) >= 11 is 0. The molecule has 3 aromatic heterocycles. The van der Waals surface area contributed by atoms with Crippen molar-refractivity contribution in [2.45, 2.75) is 45.4 Å². The zero-order valence-electron chi connectivity index (χ0n) is 31.1. The summed E-state index contributed by atoms with van der Waals surface area (Å²) in [5, 5.41) is 4.65. The Morgan fingerprint density at radius 1 is 0.593 bits per heavy atom. The first kappa shape index (κ1) is 31.2. The second-order valence-electron chi connectivity index (χ2n) is 16.5. The van der Waals surface area contributed by atoms with Crippen LogP contribution in [0.25, 0.3) is 71.8 Å². The van der Waals surface area contributed by atoms with E-state index in [2.05, 4.69) is 171 Å². The van der Waals surface area contributed by atoms with E-state index in [0.29, 0.717) is 5.89 Å². The molecule has 1 aliphatic rings. The molecule has 7 aromatic carbocycles. The molecular weight excluding hydrogens is 659 g/mol. The van der Waals surface area contributed by atoms with Crippen LogP contribution in [0.3, 0.4) is 0 Å². The zero-order chi connectivity index (χ0) is 36.5. The van der Waals surface area contributed by atoms with E-state index in [4.69, 9.17) is 9.40 Å². The summed E-state index contributed by atoms with van der Waals surface area (Å²) < 4.78 is 9.17. The van der Waals surface area contributed by atoms with Gasteiger partial charge in [0.25, 0.3) is 0 Å². The van der Waals surface area contributed by atoms with Crippen molar-refractivity contribution in [2.24, 2.45) is 0 Å². The monoisotopic (exact) mass is 697 g/mol. The van der Waals surface area contributed by atoms with E-state index in [-0.39, 0.29) is 10.8 Å². The van der Waals surface area contributed by atoms with Gasteiger partial charge in [-0.3, -0.25) is 0 Å². The molecule has 0 unspecified atom stereocenters. The van der Waals surface area contributed by atoms with Crippen LogP contribution in [0.2, 0.25) is 0 Å². The molecule has 54 heavy (non-hydrogen) atoms. The van der Waals surface area contributed by atoms with Gasteiger partial charge < -0.3 is 13.7 Å². The normalized spacial score (nSPS) is 13.8. The van der Waals surface area contributed by atoms with Gasteiger partial charge >= 0.3 is 0 Å². The van der Waals surface area contributed by atoms with E-state index in [1.165, 1.54) is 49.6 Å². The topological polar surface area (TPSA) is 33.7 Å². The van der Waals surface area contributed by atoms with Crippen LogP contribution in [0.4, 0.5) is 17.1 Å².